The summed E-state index contributed by atoms with van der Waals surface area (Å²) in [5, 5.41) is 0. The van der Waals surface area contributed by atoms with Gasteiger partial charge in [-0.05, 0) is 19.1 Å². The number of ether oxygens (including phenoxy) is 1. The average molecular weight is 230 g/mol. The number of pyridine rings is 1. The molecule has 0 aliphatic rings. The molecular weight excluding hydrogens is 216 g/mol. The van der Waals surface area contributed by atoms with Crippen molar-refractivity contribution in [2.24, 2.45) is 0 Å². The van der Waals surface area contributed by atoms with Crippen LogP contribution in [0, 0.1) is 0 Å². The van der Waals surface area contributed by atoms with Gasteiger partial charge in [-0.2, -0.15) is 0 Å². The predicted molar refractivity (Wildman–Crippen MR) is 55.9 cm³/mol. The van der Waals surface area contributed by atoms with Gasteiger partial charge in [0.2, 0.25) is 10.0 Å². The summed E-state index contributed by atoms with van der Waals surface area (Å²) in [5.74, 6) is 0. The van der Waals surface area contributed by atoms with E-state index in [4.69, 9.17) is 4.74 Å². The predicted octanol–water partition coefficient (Wildman–Crippen LogP) is 0.395. The van der Waals surface area contributed by atoms with Gasteiger partial charge in [0, 0.05) is 26.0 Å². The van der Waals surface area contributed by atoms with Crippen LogP contribution in [-0.2, 0) is 14.8 Å². The first-order chi connectivity index (χ1) is 7.06. The van der Waals surface area contributed by atoms with E-state index in [1.807, 2.05) is 0 Å². The first kappa shape index (κ1) is 12.1. The molecular formula is C9H14N2O3S. The Morgan fingerprint density at radius 2 is 2.33 bits per heavy atom. The fourth-order valence-electron chi connectivity index (χ4n) is 0.900. The lowest BCUT2D eigenvalue weighted by atomic mass is 10.4. The number of sulfonamides is 1. The zero-order valence-electron chi connectivity index (χ0n) is 8.67. The molecule has 1 unspecified atom stereocenters. The number of hydrogen-bond donors (Lipinski definition) is 1. The summed E-state index contributed by atoms with van der Waals surface area (Å²) in [6.07, 6.45) is 2.67. The standard InChI is InChI=1S/C9H14N2O3S/c1-8(14-2)6-11-15(12,13)9-4-3-5-10-7-9/h3-5,7-8,11H,6H2,1-2H3. The third-order valence-corrected chi connectivity index (χ3v) is 3.32. The van der Waals surface area contributed by atoms with Crippen LogP contribution in [0.1, 0.15) is 6.92 Å². The summed E-state index contributed by atoms with van der Waals surface area (Å²) in [5.41, 5.74) is 0. The second kappa shape index (κ2) is 5.20. The van der Waals surface area contributed by atoms with Crippen molar-refractivity contribution in [3.63, 3.8) is 0 Å². The molecule has 1 atom stereocenters. The second-order valence-electron chi connectivity index (χ2n) is 3.09. The average Bonchev–Trinajstić information content (AvgIpc) is 2.27. The lowest BCUT2D eigenvalue weighted by molar-refractivity contribution is 0.122. The molecule has 6 heteroatoms. The molecule has 0 radical (unpaired) electrons. The van der Waals surface area contributed by atoms with E-state index in [0.29, 0.717) is 0 Å². The minimum absolute atomic E-state index is 0.156. The van der Waals surface area contributed by atoms with Crippen LogP contribution in [0.25, 0.3) is 0 Å². The van der Waals surface area contributed by atoms with E-state index in [1.165, 1.54) is 25.6 Å². The first-order valence-electron chi connectivity index (χ1n) is 4.49. The van der Waals surface area contributed by atoms with Crippen LogP contribution in [-0.4, -0.2) is 33.2 Å². The first-order valence-corrected chi connectivity index (χ1v) is 5.97. The smallest absolute Gasteiger partial charge is 0.242 e. The van der Waals surface area contributed by atoms with E-state index in [9.17, 15) is 8.42 Å². The highest BCUT2D eigenvalue weighted by molar-refractivity contribution is 7.89. The number of rotatable bonds is 5. The molecule has 0 aliphatic heterocycles. The Bertz CT molecular complexity index is 391. The Kier molecular flexibility index (Phi) is 4.19. The molecule has 0 amide bonds. The highest BCUT2D eigenvalue weighted by atomic mass is 32.2. The lowest BCUT2D eigenvalue weighted by Crippen LogP contribution is -2.31. The molecule has 84 valence electrons. The Labute approximate surface area is 89.5 Å². The normalized spacial score (nSPS) is 13.7. The monoisotopic (exact) mass is 230 g/mol. The van der Waals surface area contributed by atoms with E-state index < -0.39 is 10.0 Å². The summed E-state index contributed by atoms with van der Waals surface area (Å²) in [7, 11) is -1.93. The number of nitrogens with one attached hydrogen (secondary N) is 1. The Morgan fingerprint density at radius 1 is 1.60 bits per heavy atom. The molecule has 0 saturated carbocycles. The third kappa shape index (κ3) is 3.58. The van der Waals surface area contributed by atoms with Gasteiger partial charge < -0.3 is 4.74 Å². The second-order valence-corrected chi connectivity index (χ2v) is 4.85. The highest BCUT2D eigenvalue weighted by Crippen LogP contribution is 2.05. The molecule has 0 spiro atoms. The molecule has 1 aromatic rings. The van der Waals surface area contributed by atoms with E-state index in [0.717, 1.165) is 0 Å². The SMILES string of the molecule is COC(C)CNS(=O)(=O)c1cccnc1. The molecule has 1 aromatic heterocycles. The maximum Gasteiger partial charge on any atom is 0.242 e. The van der Waals surface area contributed by atoms with Gasteiger partial charge >= 0.3 is 0 Å². The maximum absolute atomic E-state index is 11.6. The molecule has 0 bridgehead atoms. The quantitative estimate of drug-likeness (QED) is 0.794. The largest absolute Gasteiger partial charge is 0.380 e. The van der Waals surface area contributed by atoms with Crippen molar-refractivity contribution in [1.82, 2.24) is 9.71 Å². The Balaban J connectivity index is 2.69. The molecule has 0 saturated heterocycles. The van der Waals surface area contributed by atoms with Gasteiger partial charge in [0.25, 0.3) is 0 Å². The van der Waals surface area contributed by atoms with Gasteiger partial charge in [-0.3, -0.25) is 4.98 Å². The van der Waals surface area contributed by atoms with Crippen LogP contribution >= 0.6 is 0 Å². The summed E-state index contributed by atoms with van der Waals surface area (Å²) in [4.78, 5) is 3.91. The van der Waals surface area contributed by atoms with Crippen molar-refractivity contribution in [2.75, 3.05) is 13.7 Å². The molecule has 0 fully saturated rings. The van der Waals surface area contributed by atoms with Crippen LogP contribution in [0.5, 0.6) is 0 Å². The molecule has 1 heterocycles. The number of aromatic nitrogens is 1. The third-order valence-electron chi connectivity index (χ3n) is 1.91. The molecule has 0 aliphatic carbocycles. The van der Waals surface area contributed by atoms with Crippen LogP contribution in [0.3, 0.4) is 0 Å². The van der Waals surface area contributed by atoms with Gasteiger partial charge in [0.1, 0.15) is 4.90 Å². The van der Waals surface area contributed by atoms with Crippen molar-refractivity contribution >= 4 is 10.0 Å². The van der Waals surface area contributed by atoms with Gasteiger partial charge in [-0.15, -0.1) is 0 Å². The van der Waals surface area contributed by atoms with Gasteiger partial charge in [0.05, 0.1) is 6.10 Å². The van der Waals surface area contributed by atoms with E-state index in [2.05, 4.69) is 9.71 Å². The fourth-order valence-corrected chi connectivity index (χ4v) is 1.98. The fraction of sp³-hybridized carbons (Fsp3) is 0.444. The minimum Gasteiger partial charge on any atom is -0.380 e. The van der Waals surface area contributed by atoms with E-state index >= 15 is 0 Å². The molecule has 1 N–H and O–H groups in total. The summed E-state index contributed by atoms with van der Waals surface area (Å²) in [6.45, 7) is 2.03. The van der Waals surface area contributed by atoms with Crippen LogP contribution in [0.2, 0.25) is 0 Å². The summed E-state index contributed by atoms with van der Waals surface area (Å²) < 4.78 is 30.7. The maximum atomic E-state index is 11.6. The van der Waals surface area contributed by atoms with Crippen LogP contribution < -0.4 is 4.72 Å². The Hall–Kier alpha value is -0.980. The molecule has 0 aromatic carbocycles. The molecule has 5 nitrogen and oxygen atoms in total. The van der Waals surface area contributed by atoms with Crippen LogP contribution in [0.4, 0.5) is 0 Å². The molecule has 1 rings (SSSR count). The van der Waals surface area contributed by atoms with Crippen LogP contribution in [0.15, 0.2) is 29.4 Å². The van der Waals surface area contributed by atoms with Gasteiger partial charge in [0.15, 0.2) is 0 Å². The molecule has 15 heavy (non-hydrogen) atoms. The van der Waals surface area contributed by atoms with Crippen molar-refractivity contribution < 1.29 is 13.2 Å². The van der Waals surface area contributed by atoms with Crippen molar-refractivity contribution in [1.29, 1.82) is 0 Å². The minimum atomic E-state index is -3.46. The zero-order chi connectivity index (χ0) is 11.3. The number of nitrogens with zero attached hydrogens (tertiary/aromatic N) is 1. The van der Waals surface area contributed by atoms with Crippen molar-refractivity contribution in [3.8, 4) is 0 Å². The van der Waals surface area contributed by atoms with Crippen molar-refractivity contribution in [2.45, 2.75) is 17.9 Å². The Morgan fingerprint density at radius 3 is 2.87 bits per heavy atom. The topological polar surface area (TPSA) is 68.3 Å². The highest BCUT2D eigenvalue weighted by Gasteiger charge is 2.14. The summed E-state index contributed by atoms with van der Waals surface area (Å²) in [6, 6.07) is 3.07. The summed E-state index contributed by atoms with van der Waals surface area (Å²) >= 11 is 0. The van der Waals surface area contributed by atoms with E-state index in [1.54, 1.807) is 13.0 Å². The van der Waals surface area contributed by atoms with Crippen molar-refractivity contribution in [3.05, 3.63) is 24.5 Å². The van der Waals surface area contributed by atoms with E-state index in [-0.39, 0.29) is 17.5 Å². The van der Waals surface area contributed by atoms with Gasteiger partial charge in [-0.25, -0.2) is 13.1 Å². The number of methoxy groups -OCH3 is 1. The zero-order valence-corrected chi connectivity index (χ0v) is 9.49. The van der Waals surface area contributed by atoms with Gasteiger partial charge in [-0.1, -0.05) is 0 Å². The number of hydrogen-bond acceptors (Lipinski definition) is 4. The lowest BCUT2D eigenvalue weighted by Gasteiger charge is -2.10.